The van der Waals surface area contributed by atoms with Crippen molar-refractivity contribution in [2.75, 3.05) is 13.7 Å². The molecule has 0 heterocycles. The Morgan fingerprint density at radius 1 is 1.00 bits per heavy atom. The van der Waals surface area contributed by atoms with Gasteiger partial charge in [-0.3, -0.25) is 0 Å². The number of methoxy groups -OCH3 is 1. The van der Waals surface area contributed by atoms with Crippen molar-refractivity contribution in [2.45, 2.75) is 24.6 Å². The summed E-state index contributed by atoms with van der Waals surface area (Å²) in [6.45, 7) is 2.67. The van der Waals surface area contributed by atoms with E-state index in [2.05, 4.69) is 19.1 Å². The second kappa shape index (κ2) is 7.37. The lowest BCUT2D eigenvalue weighted by Crippen LogP contribution is -2.21. The van der Waals surface area contributed by atoms with Gasteiger partial charge in [0.1, 0.15) is 11.5 Å². The van der Waals surface area contributed by atoms with E-state index >= 15 is 0 Å². The van der Waals surface area contributed by atoms with Crippen LogP contribution >= 0.6 is 11.6 Å². The van der Waals surface area contributed by atoms with Gasteiger partial charge in [0.15, 0.2) is 0 Å². The third-order valence-electron chi connectivity index (χ3n) is 3.66. The van der Waals surface area contributed by atoms with Crippen LogP contribution in [0.5, 0.6) is 11.5 Å². The third-order valence-corrected chi connectivity index (χ3v) is 4.33. The second-order valence-electron chi connectivity index (χ2n) is 4.96. The molecule has 1 atom stereocenters. The zero-order chi connectivity index (χ0) is 15.1. The lowest BCUT2D eigenvalue weighted by Gasteiger charge is -2.26. The molecule has 21 heavy (non-hydrogen) atoms. The lowest BCUT2D eigenvalue weighted by atomic mass is 9.92. The van der Waals surface area contributed by atoms with E-state index in [1.807, 2.05) is 42.5 Å². The highest BCUT2D eigenvalue weighted by molar-refractivity contribution is 6.24. The van der Waals surface area contributed by atoms with Gasteiger partial charge in [-0.2, -0.15) is 0 Å². The van der Waals surface area contributed by atoms with E-state index in [0.717, 1.165) is 29.9 Å². The van der Waals surface area contributed by atoms with Crippen LogP contribution < -0.4 is 9.47 Å². The zero-order valence-electron chi connectivity index (χ0n) is 12.5. The Labute approximate surface area is 131 Å². The van der Waals surface area contributed by atoms with E-state index < -0.39 is 0 Å². The van der Waals surface area contributed by atoms with Crippen LogP contribution in [0.15, 0.2) is 54.6 Å². The first-order chi connectivity index (χ1) is 10.2. The summed E-state index contributed by atoms with van der Waals surface area (Å²) in [5.41, 5.74) is 1.14. The predicted octanol–water partition coefficient (Wildman–Crippen LogP) is 5.01. The van der Waals surface area contributed by atoms with Crippen LogP contribution in [0.25, 0.3) is 0 Å². The maximum atomic E-state index is 6.77. The van der Waals surface area contributed by atoms with Gasteiger partial charge in [0.25, 0.3) is 0 Å². The molecule has 2 aromatic carbocycles. The highest BCUT2D eigenvalue weighted by Gasteiger charge is 2.27. The number of alkyl halides is 1. The van der Waals surface area contributed by atoms with E-state index in [-0.39, 0.29) is 4.87 Å². The first-order valence-corrected chi connectivity index (χ1v) is 7.57. The van der Waals surface area contributed by atoms with E-state index in [1.54, 1.807) is 7.11 Å². The predicted molar refractivity (Wildman–Crippen MR) is 87.4 cm³/mol. The molecule has 0 bridgehead atoms. The molecule has 0 radical (unpaired) electrons. The van der Waals surface area contributed by atoms with Crippen LogP contribution in [-0.4, -0.2) is 13.7 Å². The van der Waals surface area contributed by atoms with Crippen molar-refractivity contribution in [3.05, 3.63) is 60.2 Å². The van der Waals surface area contributed by atoms with Crippen molar-refractivity contribution in [3.8, 4) is 11.5 Å². The summed E-state index contributed by atoms with van der Waals surface area (Å²) in [6.07, 6.45) is 1.62. The number of ether oxygens (including phenoxy) is 2. The Hall–Kier alpha value is -1.67. The molecule has 112 valence electrons. The van der Waals surface area contributed by atoms with E-state index in [1.165, 1.54) is 0 Å². The van der Waals surface area contributed by atoms with Crippen molar-refractivity contribution in [3.63, 3.8) is 0 Å². The third kappa shape index (κ3) is 4.15. The lowest BCUT2D eigenvalue weighted by molar-refractivity contribution is 0.283. The van der Waals surface area contributed by atoms with Gasteiger partial charge >= 0.3 is 0 Å². The zero-order valence-corrected chi connectivity index (χ0v) is 13.3. The van der Waals surface area contributed by atoms with Gasteiger partial charge in [-0.1, -0.05) is 43.3 Å². The monoisotopic (exact) mass is 304 g/mol. The van der Waals surface area contributed by atoms with Crippen LogP contribution in [0.1, 0.15) is 25.3 Å². The molecule has 0 fully saturated rings. The van der Waals surface area contributed by atoms with Gasteiger partial charge < -0.3 is 9.47 Å². The van der Waals surface area contributed by atoms with E-state index in [9.17, 15) is 0 Å². The smallest absolute Gasteiger partial charge is 0.122 e. The molecule has 2 aromatic rings. The molecular weight excluding hydrogens is 284 g/mol. The van der Waals surface area contributed by atoms with E-state index in [4.69, 9.17) is 21.1 Å². The summed E-state index contributed by atoms with van der Waals surface area (Å²) >= 11 is 6.77. The molecule has 0 saturated carbocycles. The minimum Gasteiger partial charge on any atom is -0.497 e. The van der Waals surface area contributed by atoms with Crippen molar-refractivity contribution >= 4 is 11.6 Å². The van der Waals surface area contributed by atoms with Crippen molar-refractivity contribution in [2.24, 2.45) is 0 Å². The van der Waals surface area contributed by atoms with Gasteiger partial charge in [-0.15, -0.1) is 11.6 Å². The van der Waals surface area contributed by atoms with Crippen LogP contribution in [-0.2, 0) is 4.87 Å². The minimum atomic E-state index is -0.375. The summed E-state index contributed by atoms with van der Waals surface area (Å²) in [7, 11) is 1.65. The summed E-state index contributed by atoms with van der Waals surface area (Å²) in [4.78, 5) is -0.375. The molecule has 3 heteroatoms. The first-order valence-electron chi connectivity index (χ1n) is 7.19. The fraction of sp³-hybridized carbons (Fsp3) is 0.333. The quantitative estimate of drug-likeness (QED) is 0.670. The molecule has 0 aliphatic heterocycles. The molecule has 0 N–H and O–H groups in total. The Bertz CT molecular complexity index is 556. The van der Waals surface area contributed by atoms with Gasteiger partial charge in [-0.25, -0.2) is 0 Å². The van der Waals surface area contributed by atoms with Crippen molar-refractivity contribution in [1.82, 2.24) is 0 Å². The maximum absolute atomic E-state index is 6.77. The van der Waals surface area contributed by atoms with Gasteiger partial charge in [-0.05, 0) is 24.1 Å². The molecule has 0 saturated heterocycles. The molecule has 1 unspecified atom stereocenters. The number of hydrogen-bond donors (Lipinski definition) is 0. The molecule has 2 rings (SSSR count). The Kier molecular flexibility index (Phi) is 5.51. The summed E-state index contributed by atoms with van der Waals surface area (Å²) in [5.74, 6) is 1.60. The Balaban J connectivity index is 1.97. The van der Waals surface area contributed by atoms with Gasteiger partial charge in [0.05, 0.1) is 18.6 Å². The van der Waals surface area contributed by atoms with Crippen LogP contribution in [0, 0.1) is 0 Å². The molecule has 0 spiro atoms. The topological polar surface area (TPSA) is 18.5 Å². The number of rotatable bonds is 7. The molecular formula is C18H21ClO2. The minimum absolute atomic E-state index is 0.375. The van der Waals surface area contributed by atoms with Crippen molar-refractivity contribution < 1.29 is 9.47 Å². The molecule has 0 aliphatic rings. The van der Waals surface area contributed by atoms with Gasteiger partial charge in [0, 0.05) is 12.5 Å². The van der Waals surface area contributed by atoms with Crippen LogP contribution in [0.3, 0.4) is 0 Å². The molecule has 0 amide bonds. The normalized spacial score (nSPS) is 13.5. The molecule has 2 nitrogen and oxygen atoms in total. The number of hydrogen-bond acceptors (Lipinski definition) is 2. The fourth-order valence-electron chi connectivity index (χ4n) is 2.28. The second-order valence-corrected chi connectivity index (χ2v) is 5.69. The van der Waals surface area contributed by atoms with Crippen molar-refractivity contribution in [1.29, 1.82) is 0 Å². The Morgan fingerprint density at radius 3 is 2.38 bits per heavy atom. The van der Waals surface area contributed by atoms with Crippen LogP contribution in [0.4, 0.5) is 0 Å². The summed E-state index contributed by atoms with van der Waals surface area (Å²) in [6, 6.07) is 17.8. The molecule has 0 aromatic heterocycles. The first kappa shape index (κ1) is 15.7. The number of benzene rings is 2. The fourth-order valence-corrected chi connectivity index (χ4v) is 2.49. The SMILES string of the molecule is CCC(Cl)(CCOc1cccc(OC)c1)c1ccccc1. The van der Waals surface area contributed by atoms with Gasteiger partial charge in [0.2, 0.25) is 0 Å². The average Bonchev–Trinajstić information content (AvgIpc) is 2.55. The van der Waals surface area contributed by atoms with Crippen LogP contribution in [0.2, 0.25) is 0 Å². The largest absolute Gasteiger partial charge is 0.497 e. The van der Waals surface area contributed by atoms with E-state index in [0.29, 0.717) is 6.61 Å². The highest BCUT2D eigenvalue weighted by atomic mass is 35.5. The maximum Gasteiger partial charge on any atom is 0.122 e. The summed E-state index contributed by atoms with van der Waals surface area (Å²) < 4.78 is 11.0. The average molecular weight is 305 g/mol. The molecule has 0 aliphatic carbocycles. The number of halogens is 1. The Morgan fingerprint density at radius 2 is 1.71 bits per heavy atom. The summed E-state index contributed by atoms with van der Waals surface area (Å²) in [5, 5.41) is 0. The highest BCUT2D eigenvalue weighted by Crippen LogP contribution is 2.36. The standard InChI is InChI=1S/C18H21ClO2/c1-3-18(19,15-8-5-4-6-9-15)12-13-21-17-11-7-10-16(14-17)20-2/h4-11,14H,3,12-13H2,1-2H3.